The van der Waals surface area contributed by atoms with Gasteiger partial charge in [-0.25, -0.2) is 8.42 Å². The first-order valence-corrected chi connectivity index (χ1v) is 12.3. The van der Waals surface area contributed by atoms with Gasteiger partial charge in [-0.3, -0.25) is 14.9 Å². The summed E-state index contributed by atoms with van der Waals surface area (Å²) in [6.07, 6.45) is 0. The van der Waals surface area contributed by atoms with E-state index in [4.69, 9.17) is 16.3 Å². The highest BCUT2D eigenvalue weighted by Gasteiger charge is 2.33. The van der Waals surface area contributed by atoms with Gasteiger partial charge in [0.25, 0.3) is 11.6 Å². The van der Waals surface area contributed by atoms with Crippen LogP contribution in [0, 0.1) is 10.1 Å². The normalized spacial score (nSPS) is 17.7. The van der Waals surface area contributed by atoms with Gasteiger partial charge >= 0.3 is 0 Å². The van der Waals surface area contributed by atoms with Gasteiger partial charge < -0.3 is 14.5 Å². The van der Waals surface area contributed by atoms with E-state index in [9.17, 15) is 23.3 Å². The highest BCUT2D eigenvalue weighted by molar-refractivity contribution is 7.89. The van der Waals surface area contributed by atoms with E-state index in [1.54, 1.807) is 29.2 Å². The number of morpholine rings is 1. The largest absolute Gasteiger partial charge is 0.379 e. The number of nitro groups is 1. The molecule has 0 spiro atoms. The predicted molar refractivity (Wildman–Crippen MR) is 122 cm³/mol. The second-order valence-corrected chi connectivity index (χ2v) is 10.0. The molecule has 0 aliphatic carbocycles. The van der Waals surface area contributed by atoms with Gasteiger partial charge in [-0.05, 0) is 24.3 Å². The van der Waals surface area contributed by atoms with E-state index in [2.05, 4.69) is 0 Å². The van der Waals surface area contributed by atoms with Crippen molar-refractivity contribution in [2.24, 2.45) is 0 Å². The number of ether oxygens (including phenoxy) is 1. The molecule has 2 aromatic rings. The van der Waals surface area contributed by atoms with Crippen LogP contribution in [0.5, 0.6) is 0 Å². The molecule has 2 aliphatic rings. The van der Waals surface area contributed by atoms with Crippen molar-refractivity contribution in [2.45, 2.75) is 4.90 Å². The fourth-order valence-corrected chi connectivity index (χ4v) is 5.78. The molecule has 0 saturated carbocycles. The van der Waals surface area contributed by atoms with E-state index in [1.807, 2.05) is 4.90 Å². The van der Waals surface area contributed by atoms with Crippen molar-refractivity contribution in [2.75, 3.05) is 57.4 Å². The first-order valence-electron chi connectivity index (χ1n) is 10.4. The number of hydrogen-bond acceptors (Lipinski definition) is 7. The molecule has 0 N–H and O–H groups in total. The van der Waals surface area contributed by atoms with Crippen molar-refractivity contribution in [3.05, 3.63) is 63.2 Å². The molecule has 10 nitrogen and oxygen atoms in total. The van der Waals surface area contributed by atoms with Crippen LogP contribution in [-0.2, 0) is 14.8 Å². The summed E-state index contributed by atoms with van der Waals surface area (Å²) in [6, 6.07) is 10.7. The molecule has 0 bridgehead atoms. The number of amides is 1. The zero-order valence-electron chi connectivity index (χ0n) is 17.7. The summed E-state index contributed by atoms with van der Waals surface area (Å²) in [5.74, 6) is -0.382. The number of carbonyl (C=O) groups excluding carboxylic acids is 1. The Morgan fingerprint density at radius 2 is 1.67 bits per heavy atom. The van der Waals surface area contributed by atoms with Crippen LogP contribution < -0.4 is 4.90 Å². The summed E-state index contributed by atoms with van der Waals surface area (Å²) in [5.41, 5.74) is 0.464. The molecular formula is C21H23ClN4O6S. The molecule has 2 aliphatic heterocycles. The number of nitro benzene ring substituents is 1. The third-order valence-corrected chi connectivity index (χ3v) is 7.94. The predicted octanol–water partition coefficient (Wildman–Crippen LogP) is 2.23. The number of benzene rings is 2. The van der Waals surface area contributed by atoms with Gasteiger partial charge in [-0.15, -0.1) is 0 Å². The highest BCUT2D eigenvalue weighted by Crippen LogP contribution is 2.32. The van der Waals surface area contributed by atoms with Crippen LogP contribution in [0.15, 0.2) is 47.4 Å². The number of piperazine rings is 1. The topological polar surface area (TPSA) is 113 Å². The molecule has 2 saturated heterocycles. The number of carbonyl (C=O) groups is 1. The van der Waals surface area contributed by atoms with Gasteiger partial charge in [0.1, 0.15) is 5.69 Å². The summed E-state index contributed by atoms with van der Waals surface area (Å²) in [4.78, 5) is 27.6. The number of sulfonamides is 1. The number of halogens is 1. The van der Waals surface area contributed by atoms with Crippen LogP contribution in [0.4, 0.5) is 11.4 Å². The van der Waals surface area contributed by atoms with Crippen molar-refractivity contribution >= 4 is 38.9 Å². The van der Waals surface area contributed by atoms with E-state index < -0.39 is 14.9 Å². The van der Waals surface area contributed by atoms with Gasteiger partial charge in [0.05, 0.1) is 28.6 Å². The Kier molecular flexibility index (Phi) is 6.84. The van der Waals surface area contributed by atoms with Gasteiger partial charge in [-0.2, -0.15) is 4.31 Å². The Morgan fingerprint density at radius 1 is 1.00 bits per heavy atom. The van der Waals surface area contributed by atoms with Crippen LogP contribution in [0.2, 0.25) is 5.02 Å². The van der Waals surface area contributed by atoms with Crippen LogP contribution in [0.25, 0.3) is 0 Å². The second-order valence-electron chi connectivity index (χ2n) is 7.68. The van der Waals surface area contributed by atoms with Gasteiger partial charge in [0.15, 0.2) is 0 Å². The van der Waals surface area contributed by atoms with Crippen LogP contribution in [0.3, 0.4) is 0 Å². The highest BCUT2D eigenvalue weighted by atomic mass is 35.5. The van der Waals surface area contributed by atoms with Crippen molar-refractivity contribution < 1.29 is 22.9 Å². The second kappa shape index (κ2) is 9.64. The number of anilines is 1. The lowest BCUT2D eigenvalue weighted by Crippen LogP contribution is -2.49. The molecule has 0 aromatic heterocycles. The average molecular weight is 495 g/mol. The smallest absolute Gasteiger partial charge is 0.294 e. The minimum Gasteiger partial charge on any atom is -0.379 e. The van der Waals surface area contributed by atoms with Crippen LogP contribution >= 0.6 is 11.6 Å². The van der Waals surface area contributed by atoms with Gasteiger partial charge in [0, 0.05) is 50.4 Å². The zero-order valence-corrected chi connectivity index (χ0v) is 19.3. The molecule has 12 heteroatoms. The zero-order chi connectivity index (χ0) is 23.6. The molecule has 1 amide bonds. The Bertz CT molecular complexity index is 1160. The maximum atomic E-state index is 13.3. The first kappa shape index (κ1) is 23.4. The molecule has 33 heavy (non-hydrogen) atoms. The first-order chi connectivity index (χ1) is 15.8. The summed E-state index contributed by atoms with van der Waals surface area (Å²) < 4.78 is 32.9. The number of nitrogens with zero attached hydrogens (tertiary/aromatic N) is 4. The number of hydrogen-bond donors (Lipinski definition) is 0. The lowest BCUT2D eigenvalue weighted by Gasteiger charge is -2.36. The van der Waals surface area contributed by atoms with Crippen molar-refractivity contribution in [3.8, 4) is 0 Å². The minimum absolute atomic E-state index is 0.0207. The molecule has 4 rings (SSSR count). The maximum Gasteiger partial charge on any atom is 0.294 e. The van der Waals surface area contributed by atoms with Crippen LogP contribution in [0.1, 0.15) is 10.4 Å². The molecule has 2 fully saturated rings. The Balaban J connectivity index is 1.52. The fourth-order valence-electron chi connectivity index (χ4n) is 4.03. The molecule has 2 aromatic carbocycles. The molecule has 0 unspecified atom stereocenters. The van der Waals surface area contributed by atoms with Crippen LogP contribution in [-0.4, -0.2) is 80.9 Å². The summed E-state index contributed by atoms with van der Waals surface area (Å²) in [5, 5.41) is 11.7. The standard InChI is InChI=1S/C21H23ClN4O6S/c22-16-5-6-18(19(15-16)26(28)29)23-7-9-24(10-8-23)21(27)17-3-1-2-4-20(17)33(30,31)25-11-13-32-14-12-25/h1-6,15H,7-14H2. The summed E-state index contributed by atoms with van der Waals surface area (Å²) in [7, 11) is -3.84. The Morgan fingerprint density at radius 3 is 2.33 bits per heavy atom. The summed E-state index contributed by atoms with van der Waals surface area (Å²) >= 11 is 5.90. The molecule has 176 valence electrons. The number of rotatable bonds is 5. The van der Waals surface area contributed by atoms with E-state index in [0.717, 1.165) is 0 Å². The van der Waals surface area contributed by atoms with E-state index in [0.29, 0.717) is 45.1 Å². The third kappa shape index (κ3) is 4.81. The average Bonchev–Trinajstić information content (AvgIpc) is 2.84. The lowest BCUT2D eigenvalue weighted by atomic mass is 10.1. The maximum absolute atomic E-state index is 13.3. The molecular weight excluding hydrogens is 472 g/mol. The third-order valence-electron chi connectivity index (χ3n) is 5.75. The molecule has 2 heterocycles. The quantitative estimate of drug-likeness (QED) is 0.462. The van der Waals surface area contributed by atoms with Gasteiger partial charge in [0.2, 0.25) is 10.0 Å². The van der Waals surface area contributed by atoms with Gasteiger partial charge in [-0.1, -0.05) is 23.7 Å². The summed E-state index contributed by atoms with van der Waals surface area (Å²) in [6.45, 7) is 2.43. The van der Waals surface area contributed by atoms with E-state index in [-0.39, 0.29) is 40.2 Å². The molecule has 0 radical (unpaired) electrons. The van der Waals surface area contributed by atoms with E-state index >= 15 is 0 Å². The minimum atomic E-state index is -3.84. The molecule has 0 atom stereocenters. The van der Waals surface area contributed by atoms with E-state index in [1.165, 1.54) is 22.5 Å². The Hall–Kier alpha value is -2.73. The van der Waals surface area contributed by atoms with Crippen molar-refractivity contribution in [3.63, 3.8) is 0 Å². The fraction of sp³-hybridized carbons (Fsp3) is 0.381. The van der Waals surface area contributed by atoms with Crippen molar-refractivity contribution in [1.82, 2.24) is 9.21 Å². The SMILES string of the molecule is O=C(c1ccccc1S(=O)(=O)N1CCOCC1)N1CCN(c2ccc(Cl)cc2[N+](=O)[O-])CC1. The lowest BCUT2D eigenvalue weighted by molar-refractivity contribution is -0.384. The Labute approximate surface area is 196 Å². The van der Waals surface area contributed by atoms with Crippen molar-refractivity contribution in [1.29, 1.82) is 0 Å². The monoisotopic (exact) mass is 494 g/mol.